The third-order valence-electron chi connectivity index (χ3n) is 4.46. The second-order valence-electron chi connectivity index (χ2n) is 6.98. The van der Waals surface area contributed by atoms with Gasteiger partial charge in [0.2, 0.25) is 0 Å². The van der Waals surface area contributed by atoms with Gasteiger partial charge in [0.1, 0.15) is 23.4 Å². The summed E-state index contributed by atoms with van der Waals surface area (Å²) >= 11 is 5.76. The number of rotatable bonds is 9. The largest absolute Gasteiger partial charge is 0.496 e. The van der Waals surface area contributed by atoms with Crippen molar-refractivity contribution in [2.24, 2.45) is 5.92 Å². The highest BCUT2D eigenvalue weighted by Gasteiger charge is 2.27. The zero-order valence-corrected chi connectivity index (χ0v) is 18.1. The zero-order chi connectivity index (χ0) is 24.0. The van der Waals surface area contributed by atoms with E-state index in [4.69, 9.17) is 21.1 Å². The summed E-state index contributed by atoms with van der Waals surface area (Å²) < 4.78 is 10.4. The topological polar surface area (TPSA) is 151 Å². The number of ether oxygens (including phenoxy) is 2. The van der Waals surface area contributed by atoms with Gasteiger partial charge in [-0.1, -0.05) is 25.4 Å². The second kappa shape index (κ2) is 10.5. The molecular formula is C20H20ClN3O8. The van der Waals surface area contributed by atoms with Gasteiger partial charge in [-0.2, -0.15) is 0 Å². The molecule has 0 aromatic heterocycles. The number of benzene rings is 2. The van der Waals surface area contributed by atoms with Crippen molar-refractivity contribution >= 4 is 34.9 Å². The number of nitro benzene ring substituents is 2. The summed E-state index contributed by atoms with van der Waals surface area (Å²) in [6.45, 7) is 3.02. The van der Waals surface area contributed by atoms with Crippen LogP contribution in [0.25, 0.3) is 0 Å². The van der Waals surface area contributed by atoms with Crippen molar-refractivity contribution in [3.63, 3.8) is 0 Å². The first kappa shape index (κ1) is 24.5. The van der Waals surface area contributed by atoms with Crippen LogP contribution in [0.1, 0.15) is 29.8 Å². The van der Waals surface area contributed by atoms with E-state index < -0.39 is 33.5 Å². The number of nitrogens with zero attached hydrogens (tertiary/aromatic N) is 2. The Kier molecular flexibility index (Phi) is 8.08. The fourth-order valence-corrected chi connectivity index (χ4v) is 2.93. The maximum absolute atomic E-state index is 12.6. The van der Waals surface area contributed by atoms with E-state index in [1.165, 1.54) is 37.4 Å². The van der Waals surface area contributed by atoms with E-state index in [-0.39, 0.29) is 34.4 Å². The van der Waals surface area contributed by atoms with E-state index in [2.05, 4.69) is 5.32 Å². The number of methoxy groups -OCH3 is 1. The summed E-state index contributed by atoms with van der Waals surface area (Å²) in [6, 6.07) is 6.30. The summed E-state index contributed by atoms with van der Waals surface area (Å²) in [7, 11) is 1.37. The Morgan fingerprint density at radius 3 is 2.34 bits per heavy atom. The van der Waals surface area contributed by atoms with E-state index in [0.717, 1.165) is 6.07 Å². The second-order valence-corrected chi connectivity index (χ2v) is 7.39. The number of carbonyl (C=O) groups excluding carboxylic acids is 2. The van der Waals surface area contributed by atoms with Crippen LogP contribution in [0, 0.1) is 26.1 Å². The quantitative estimate of drug-likeness (QED) is 0.334. The molecule has 2 aromatic rings. The lowest BCUT2D eigenvalue weighted by Gasteiger charge is -2.21. The van der Waals surface area contributed by atoms with Crippen LogP contribution in [0.4, 0.5) is 11.4 Å². The number of amides is 1. The molecule has 0 spiro atoms. The predicted octanol–water partition coefficient (Wildman–Crippen LogP) is 3.66. The van der Waals surface area contributed by atoms with Crippen LogP contribution in [-0.4, -0.2) is 34.9 Å². The van der Waals surface area contributed by atoms with E-state index in [1.54, 1.807) is 13.8 Å². The minimum absolute atomic E-state index is 0.0556. The number of non-ortho nitro benzene ring substituents is 1. The first-order valence-electron chi connectivity index (χ1n) is 9.27. The molecule has 0 fully saturated rings. The molecule has 1 atom stereocenters. The summed E-state index contributed by atoms with van der Waals surface area (Å²) in [5.41, 5.74) is -0.423. The van der Waals surface area contributed by atoms with Crippen molar-refractivity contribution in [3.8, 4) is 5.75 Å². The van der Waals surface area contributed by atoms with Crippen LogP contribution >= 0.6 is 11.6 Å². The summed E-state index contributed by atoms with van der Waals surface area (Å²) in [6.07, 6.45) is 0. The summed E-state index contributed by atoms with van der Waals surface area (Å²) in [5, 5.41) is 24.4. The van der Waals surface area contributed by atoms with Crippen molar-refractivity contribution in [1.82, 2.24) is 5.32 Å². The molecule has 0 aliphatic carbocycles. The predicted molar refractivity (Wildman–Crippen MR) is 114 cm³/mol. The minimum Gasteiger partial charge on any atom is -0.496 e. The Labute approximate surface area is 187 Å². The molecule has 1 amide bonds. The highest BCUT2D eigenvalue weighted by atomic mass is 35.5. The Balaban J connectivity index is 2.16. The number of esters is 1. The highest BCUT2D eigenvalue weighted by molar-refractivity contribution is 6.32. The van der Waals surface area contributed by atoms with Crippen LogP contribution in [-0.2, 0) is 16.1 Å². The van der Waals surface area contributed by atoms with Gasteiger partial charge in [0.15, 0.2) is 0 Å². The SMILES string of the molecule is COc1ccc([N+](=O)[O-])cc1COC(=O)[C@@H](NC(=O)c1ccc(Cl)c([N+](=O)[O-])c1)C(C)C. The molecule has 170 valence electrons. The van der Waals surface area contributed by atoms with Crippen molar-refractivity contribution in [1.29, 1.82) is 0 Å². The molecule has 0 aliphatic heterocycles. The van der Waals surface area contributed by atoms with Crippen LogP contribution in [0.2, 0.25) is 5.02 Å². The van der Waals surface area contributed by atoms with Gasteiger partial charge >= 0.3 is 5.97 Å². The lowest BCUT2D eigenvalue weighted by molar-refractivity contribution is -0.385. The maximum atomic E-state index is 12.6. The highest BCUT2D eigenvalue weighted by Crippen LogP contribution is 2.26. The standard InChI is InChI=1S/C20H20ClN3O8/c1-11(2)18(22-19(25)12-4-6-15(21)16(9-12)24(29)30)20(26)32-10-13-8-14(23(27)28)5-7-17(13)31-3/h4-9,11,18H,10H2,1-3H3,(H,22,25)/t18-/m0/s1. The van der Waals surface area contributed by atoms with Gasteiger partial charge in [-0.3, -0.25) is 25.0 Å². The molecule has 0 heterocycles. The fourth-order valence-electron chi connectivity index (χ4n) is 2.75. The normalized spacial score (nSPS) is 11.5. The summed E-state index contributed by atoms with van der Waals surface area (Å²) in [4.78, 5) is 45.9. The molecule has 0 bridgehead atoms. The van der Waals surface area contributed by atoms with Crippen LogP contribution in [0.15, 0.2) is 36.4 Å². The van der Waals surface area contributed by atoms with Crippen LogP contribution in [0.5, 0.6) is 5.75 Å². The zero-order valence-electron chi connectivity index (χ0n) is 17.4. The third-order valence-corrected chi connectivity index (χ3v) is 4.78. The van der Waals surface area contributed by atoms with Gasteiger partial charge in [-0.25, -0.2) is 4.79 Å². The van der Waals surface area contributed by atoms with Crippen LogP contribution in [0.3, 0.4) is 0 Å². The monoisotopic (exact) mass is 465 g/mol. The van der Waals surface area contributed by atoms with Gasteiger partial charge < -0.3 is 14.8 Å². The molecule has 0 radical (unpaired) electrons. The molecule has 1 N–H and O–H groups in total. The average molecular weight is 466 g/mol. The van der Waals surface area contributed by atoms with Gasteiger partial charge in [0, 0.05) is 29.3 Å². The summed E-state index contributed by atoms with van der Waals surface area (Å²) in [5.74, 6) is -1.61. The first-order valence-corrected chi connectivity index (χ1v) is 9.65. The van der Waals surface area contributed by atoms with E-state index in [0.29, 0.717) is 5.75 Å². The lowest BCUT2D eigenvalue weighted by Crippen LogP contribution is -2.45. The molecule has 11 nitrogen and oxygen atoms in total. The van der Waals surface area contributed by atoms with Gasteiger partial charge in [-0.15, -0.1) is 0 Å². The molecule has 0 saturated heterocycles. The molecular weight excluding hydrogens is 446 g/mol. The van der Waals surface area contributed by atoms with Crippen LogP contribution < -0.4 is 10.1 Å². The van der Waals surface area contributed by atoms with Crippen molar-refractivity contribution in [2.75, 3.05) is 7.11 Å². The fraction of sp³-hybridized carbons (Fsp3) is 0.300. The molecule has 0 aliphatic rings. The first-order chi connectivity index (χ1) is 15.0. The number of hydrogen-bond donors (Lipinski definition) is 1. The lowest BCUT2D eigenvalue weighted by atomic mass is 10.0. The number of nitro groups is 2. The molecule has 2 rings (SSSR count). The Morgan fingerprint density at radius 2 is 1.78 bits per heavy atom. The molecule has 32 heavy (non-hydrogen) atoms. The van der Waals surface area contributed by atoms with Crippen molar-refractivity contribution < 1.29 is 28.9 Å². The van der Waals surface area contributed by atoms with Gasteiger partial charge in [0.25, 0.3) is 17.3 Å². The maximum Gasteiger partial charge on any atom is 0.329 e. The minimum atomic E-state index is -1.08. The number of nitrogens with one attached hydrogen (secondary N) is 1. The van der Waals surface area contributed by atoms with Gasteiger partial charge in [-0.05, 0) is 24.1 Å². The Morgan fingerprint density at radius 1 is 1.09 bits per heavy atom. The van der Waals surface area contributed by atoms with Gasteiger partial charge in [0.05, 0.1) is 17.0 Å². The number of hydrogen-bond acceptors (Lipinski definition) is 8. The Hall–Kier alpha value is -3.73. The smallest absolute Gasteiger partial charge is 0.329 e. The van der Waals surface area contributed by atoms with Crippen molar-refractivity contribution in [2.45, 2.75) is 26.5 Å². The van der Waals surface area contributed by atoms with E-state index in [9.17, 15) is 29.8 Å². The molecule has 0 unspecified atom stereocenters. The third kappa shape index (κ3) is 5.91. The van der Waals surface area contributed by atoms with Crippen molar-refractivity contribution in [3.05, 3.63) is 72.8 Å². The molecule has 0 saturated carbocycles. The average Bonchev–Trinajstić information content (AvgIpc) is 2.75. The van der Waals surface area contributed by atoms with E-state index >= 15 is 0 Å². The number of carbonyl (C=O) groups is 2. The van der Waals surface area contributed by atoms with E-state index in [1.807, 2.05) is 0 Å². The number of halogens is 1. The Bertz CT molecular complexity index is 1060. The molecule has 2 aromatic carbocycles. The molecule has 12 heteroatoms.